The van der Waals surface area contributed by atoms with Gasteiger partial charge in [-0.15, -0.1) is 5.10 Å². The third-order valence-electron chi connectivity index (χ3n) is 3.85. The van der Waals surface area contributed by atoms with Crippen LogP contribution in [0.15, 0.2) is 6.07 Å². The van der Waals surface area contributed by atoms with Crippen molar-refractivity contribution in [1.29, 1.82) is 0 Å². The smallest absolute Gasteiger partial charge is 0.291 e. The summed E-state index contributed by atoms with van der Waals surface area (Å²) in [5.74, 6) is 2.39. The summed E-state index contributed by atoms with van der Waals surface area (Å²) in [7, 11) is 0. The van der Waals surface area contributed by atoms with Crippen molar-refractivity contribution >= 4 is 17.8 Å². The summed E-state index contributed by atoms with van der Waals surface area (Å²) in [5.41, 5.74) is 1.08. The molecule has 0 spiro atoms. The average molecular weight is 287 g/mol. The minimum atomic E-state index is -0.369. The summed E-state index contributed by atoms with van der Waals surface area (Å²) in [6, 6.07) is 1.51. The molecule has 21 heavy (non-hydrogen) atoms. The number of hydrogen-bond donors (Lipinski definition) is 3. The zero-order valence-corrected chi connectivity index (χ0v) is 11.6. The molecule has 1 fully saturated rings. The van der Waals surface area contributed by atoms with Gasteiger partial charge in [0.05, 0.1) is 0 Å². The molecular weight excluding hydrogens is 270 g/mol. The van der Waals surface area contributed by atoms with E-state index in [1.165, 1.54) is 12.8 Å². The molecule has 0 aromatic carbocycles. The Morgan fingerprint density at radius 1 is 1.33 bits per heavy atom. The molecule has 8 heteroatoms. The maximum atomic E-state index is 11.9. The van der Waals surface area contributed by atoms with Crippen molar-refractivity contribution in [2.24, 2.45) is 0 Å². The van der Waals surface area contributed by atoms with Crippen LogP contribution < -0.4 is 10.6 Å². The van der Waals surface area contributed by atoms with Crippen molar-refractivity contribution in [3.05, 3.63) is 17.6 Å². The van der Waals surface area contributed by atoms with Crippen LogP contribution in [0, 0.1) is 0 Å². The molecule has 2 aromatic rings. The van der Waals surface area contributed by atoms with Crippen LogP contribution in [-0.4, -0.2) is 31.0 Å². The Kier molecular flexibility index (Phi) is 2.87. The standard InChI is InChI=1S/C13H17N7O/c21-13(14-10-7-9(17-18-10)8-4-5-8)16-12-15-11-3-1-2-6-20(11)19-12/h7-8H,1-6H2,(H3,14,16,17,18,19,21). The van der Waals surface area contributed by atoms with Crippen molar-refractivity contribution in [2.45, 2.75) is 44.6 Å². The monoisotopic (exact) mass is 287 g/mol. The van der Waals surface area contributed by atoms with Crippen LogP contribution in [0.3, 0.4) is 0 Å². The molecule has 3 heterocycles. The molecule has 3 N–H and O–H groups in total. The number of hydrogen-bond acceptors (Lipinski definition) is 4. The first-order chi connectivity index (χ1) is 10.3. The van der Waals surface area contributed by atoms with Gasteiger partial charge in [-0.3, -0.25) is 15.7 Å². The van der Waals surface area contributed by atoms with E-state index in [-0.39, 0.29) is 6.03 Å². The van der Waals surface area contributed by atoms with Crippen LogP contribution in [0.1, 0.15) is 43.1 Å². The minimum Gasteiger partial charge on any atom is -0.291 e. The third kappa shape index (κ3) is 2.61. The molecule has 1 aliphatic carbocycles. The predicted molar refractivity (Wildman–Crippen MR) is 76.2 cm³/mol. The maximum Gasteiger partial charge on any atom is 0.327 e. The molecule has 1 saturated carbocycles. The summed E-state index contributed by atoms with van der Waals surface area (Å²) in [6.45, 7) is 0.871. The zero-order valence-electron chi connectivity index (χ0n) is 11.6. The van der Waals surface area contributed by atoms with Gasteiger partial charge in [0.15, 0.2) is 5.82 Å². The molecular formula is C13H17N7O. The lowest BCUT2D eigenvalue weighted by Crippen LogP contribution is -2.20. The molecule has 0 atom stereocenters. The fourth-order valence-corrected chi connectivity index (χ4v) is 2.59. The summed E-state index contributed by atoms with van der Waals surface area (Å²) >= 11 is 0. The SMILES string of the molecule is O=C(Nc1cc(C2CC2)[nH]n1)Nc1nc2n(n1)CCCC2. The lowest BCUT2D eigenvalue weighted by atomic mass is 10.2. The van der Waals surface area contributed by atoms with Crippen molar-refractivity contribution in [3.63, 3.8) is 0 Å². The number of carbonyl (C=O) groups is 1. The number of anilines is 2. The normalized spacial score (nSPS) is 17.3. The Bertz CT molecular complexity index is 646. The molecule has 2 aliphatic rings. The van der Waals surface area contributed by atoms with Gasteiger partial charge in [-0.05, 0) is 25.7 Å². The van der Waals surface area contributed by atoms with E-state index < -0.39 is 0 Å². The Morgan fingerprint density at radius 3 is 3.05 bits per heavy atom. The highest BCUT2D eigenvalue weighted by atomic mass is 16.2. The second kappa shape index (κ2) is 4.87. The van der Waals surface area contributed by atoms with Crippen LogP contribution in [0.2, 0.25) is 0 Å². The second-order valence-corrected chi connectivity index (χ2v) is 5.59. The first kappa shape index (κ1) is 12.4. The number of carbonyl (C=O) groups excluding carboxylic acids is 1. The summed E-state index contributed by atoms with van der Waals surface area (Å²) < 4.78 is 1.86. The van der Waals surface area contributed by atoms with Crippen molar-refractivity contribution in [3.8, 4) is 0 Å². The van der Waals surface area contributed by atoms with Gasteiger partial charge in [0.25, 0.3) is 0 Å². The quantitative estimate of drug-likeness (QED) is 0.802. The number of aryl methyl sites for hydroxylation is 2. The van der Waals surface area contributed by atoms with Crippen LogP contribution in [0.5, 0.6) is 0 Å². The highest BCUT2D eigenvalue weighted by Gasteiger charge is 2.25. The number of urea groups is 1. The van der Waals surface area contributed by atoms with Gasteiger partial charge in [0.1, 0.15) is 5.82 Å². The Morgan fingerprint density at radius 2 is 2.24 bits per heavy atom. The van der Waals surface area contributed by atoms with Gasteiger partial charge in [0, 0.05) is 30.6 Å². The molecule has 2 aromatic heterocycles. The van der Waals surface area contributed by atoms with Gasteiger partial charge in [0.2, 0.25) is 5.95 Å². The molecule has 4 rings (SSSR count). The fourth-order valence-electron chi connectivity index (χ4n) is 2.59. The van der Waals surface area contributed by atoms with E-state index in [0.29, 0.717) is 17.7 Å². The van der Waals surface area contributed by atoms with E-state index in [1.54, 1.807) is 0 Å². The highest BCUT2D eigenvalue weighted by Crippen LogP contribution is 2.39. The van der Waals surface area contributed by atoms with Crippen molar-refractivity contribution in [2.75, 3.05) is 10.6 Å². The molecule has 2 amide bonds. The second-order valence-electron chi connectivity index (χ2n) is 5.59. The molecule has 110 valence electrons. The Balaban J connectivity index is 1.39. The molecule has 8 nitrogen and oxygen atoms in total. The summed E-state index contributed by atoms with van der Waals surface area (Å²) in [5, 5.41) is 16.7. The van der Waals surface area contributed by atoms with E-state index in [9.17, 15) is 4.79 Å². The molecule has 0 saturated heterocycles. The topological polar surface area (TPSA) is 101 Å². The molecule has 0 bridgehead atoms. The number of rotatable bonds is 3. The summed E-state index contributed by atoms with van der Waals surface area (Å²) in [4.78, 5) is 16.3. The lowest BCUT2D eigenvalue weighted by Gasteiger charge is -2.09. The summed E-state index contributed by atoms with van der Waals surface area (Å²) in [6.07, 6.45) is 5.54. The minimum absolute atomic E-state index is 0.349. The van der Waals surface area contributed by atoms with E-state index in [1.807, 2.05) is 10.7 Å². The number of aromatic nitrogens is 5. The first-order valence-electron chi connectivity index (χ1n) is 7.35. The van der Waals surface area contributed by atoms with E-state index >= 15 is 0 Å². The highest BCUT2D eigenvalue weighted by molar-refractivity contribution is 5.97. The Labute approximate surface area is 121 Å². The number of aromatic amines is 1. The van der Waals surface area contributed by atoms with Gasteiger partial charge in [-0.25, -0.2) is 9.48 Å². The van der Waals surface area contributed by atoms with Crippen LogP contribution in [0.25, 0.3) is 0 Å². The molecule has 0 radical (unpaired) electrons. The number of fused-ring (bicyclic) bond motifs is 1. The van der Waals surface area contributed by atoms with E-state index in [4.69, 9.17) is 0 Å². The van der Waals surface area contributed by atoms with Crippen molar-refractivity contribution in [1.82, 2.24) is 25.0 Å². The average Bonchev–Trinajstić information content (AvgIpc) is 3.08. The first-order valence-corrected chi connectivity index (χ1v) is 7.35. The fraction of sp³-hybridized carbons (Fsp3) is 0.538. The van der Waals surface area contributed by atoms with Crippen LogP contribution >= 0.6 is 0 Å². The third-order valence-corrected chi connectivity index (χ3v) is 3.85. The van der Waals surface area contributed by atoms with E-state index in [0.717, 1.165) is 37.3 Å². The van der Waals surface area contributed by atoms with E-state index in [2.05, 4.69) is 30.9 Å². The van der Waals surface area contributed by atoms with Gasteiger partial charge >= 0.3 is 6.03 Å². The lowest BCUT2D eigenvalue weighted by molar-refractivity contribution is 0.262. The number of amides is 2. The van der Waals surface area contributed by atoms with Crippen LogP contribution in [-0.2, 0) is 13.0 Å². The van der Waals surface area contributed by atoms with Crippen molar-refractivity contribution < 1.29 is 4.79 Å². The Hall–Kier alpha value is -2.38. The van der Waals surface area contributed by atoms with Gasteiger partial charge < -0.3 is 0 Å². The number of nitrogens with one attached hydrogen (secondary N) is 3. The number of H-pyrrole nitrogens is 1. The molecule has 0 unspecified atom stereocenters. The van der Waals surface area contributed by atoms with Crippen LogP contribution in [0.4, 0.5) is 16.6 Å². The van der Waals surface area contributed by atoms with Gasteiger partial charge in [-0.1, -0.05) is 0 Å². The zero-order chi connectivity index (χ0) is 14.2. The molecule has 1 aliphatic heterocycles. The van der Waals surface area contributed by atoms with Gasteiger partial charge in [-0.2, -0.15) is 10.1 Å². The number of nitrogens with zero attached hydrogens (tertiary/aromatic N) is 4. The maximum absolute atomic E-state index is 11.9. The largest absolute Gasteiger partial charge is 0.327 e. The predicted octanol–water partition coefficient (Wildman–Crippen LogP) is 1.86.